The average Bonchev–Trinajstić information content (AvgIpc) is 2.45. The average molecular weight is 311 g/mol. The lowest BCUT2D eigenvalue weighted by Gasteiger charge is -2.24. The summed E-state index contributed by atoms with van der Waals surface area (Å²) in [4.78, 5) is 6.00. The van der Waals surface area contributed by atoms with E-state index in [4.69, 9.17) is 11.6 Å². The van der Waals surface area contributed by atoms with Gasteiger partial charge in [0.05, 0.1) is 12.2 Å². The molecule has 0 bridgehead atoms. The monoisotopic (exact) mass is 310 g/mol. The highest BCUT2D eigenvalue weighted by Crippen LogP contribution is 2.26. The normalized spacial score (nSPS) is 10.7. The summed E-state index contributed by atoms with van der Waals surface area (Å²) in [6.45, 7) is 4.57. The molecule has 1 aromatic carbocycles. The molecule has 0 atom stereocenters. The van der Waals surface area contributed by atoms with Crippen molar-refractivity contribution in [3.8, 4) is 0 Å². The first-order chi connectivity index (χ1) is 10.0. The van der Waals surface area contributed by atoms with Gasteiger partial charge in [-0.2, -0.15) is 0 Å². The highest BCUT2D eigenvalue weighted by molar-refractivity contribution is 6.17. The SMILES string of the molecule is CCN(Cc1cccc(C)n1)c1c(F)cc(CCl)cc1F. The number of halogens is 3. The van der Waals surface area contributed by atoms with Gasteiger partial charge in [-0.25, -0.2) is 8.78 Å². The van der Waals surface area contributed by atoms with Gasteiger partial charge in [-0.3, -0.25) is 4.98 Å². The molecule has 0 aliphatic carbocycles. The topological polar surface area (TPSA) is 16.1 Å². The van der Waals surface area contributed by atoms with Crippen LogP contribution in [-0.4, -0.2) is 11.5 Å². The summed E-state index contributed by atoms with van der Waals surface area (Å²) < 4.78 is 28.3. The quantitative estimate of drug-likeness (QED) is 0.759. The van der Waals surface area contributed by atoms with Gasteiger partial charge < -0.3 is 4.90 Å². The Bertz CT molecular complexity index is 608. The Balaban J connectivity index is 2.33. The Morgan fingerprint density at radius 3 is 2.38 bits per heavy atom. The predicted octanol–water partition coefficient (Wildman–Crippen LogP) is 4.43. The van der Waals surface area contributed by atoms with Gasteiger partial charge in [0.15, 0.2) is 0 Å². The molecule has 2 nitrogen and oxygen atoms in total. The summed E-state index contributed by atoms with van der Waals surface area (Å²) in [5, 5.41) is 0. The summed E-state index contributed by atoms with van der Waals surface area (Å²) in [6, 6.07) is 8.17. The molecule has 5 heteroatoms. The molecule has 1 heterocycles. The van der Waals surface area contributed by atoms with Gasteiger partial charge in [-0.05, 0) is 43.7 Å². The molecule has 2 rings (SSSR count). The molecular formula is C16H17ClF2N2. The van der Waals surface area contributed by atoms with Crippen LogP contribution in [0.1, 0.15) is 23.9 Å². The number of aryl methyl sites for hydroxylation is 1. The second-order valence-corrected chi connectivity index (χ2v) is 5.09. The number of rotatable bonds is 5. The Kier molecular flexibility index (Phi) is 5.12. The molecule has 0 aliphatic heterocycles. The molecule has 0 N–H and O–H groups in total. The molecule has 0 amide bonds. The minimum atomic E-state index is -0.597. The number of hydrogen-bond acceptors (Lipinski definition) is 2. The maximum atomic E-state index is 14.2. The Morgan fingerprint density at radius 1 is 1.19 bits per heavy atom. The van der Waals surface area contributed by atoms with E-state index < -0.39 is 11.6 Å². The van der Waals surface area contributed by atoms with E-state index in [1.165, 1.54) is 12.1 Å². The first-order valence-corrected chi connectivity index (χ1v) is 7.30. The molecule has 0 fully saturated rings. The van der Waals surface area contributed by atoms with Gasteiger partial charge in [0.1, 0.15) is 17.3 Å². The minimum Gasteiger partial charge on any atom is -0.361 e. The Labute approximate surface area is 128 Å². The maximum absolute atomic E-state index is 14.2. The maximum Gasteiger partial charge on any atom is 0.149 e. The largest absolute Gasteiger partial charge is 0.361 e. The van der Waals surface area contributed by atoms with E-state index in [1.807, 2.05) is 32.0 Å². The van der Waals surface area contributed by atoms with Crippen molar-refractivity contribution in [2.75, 3.05) is 11.4 Å². The summed E-state index contributed by atoms with van der Waals surface area (Å²) in [7, 11) is 0. The Morgan fingerprint density at radius 2 is 1.86 bits per heavy atom. The van der Waals surface area contributed by atoms with Crippen LogP contribution in [0.2, 0.25) is 0 Å². The zero-order valence-electron chi connectivity index (χ0n) is 12.0. The zero-order valence-corrected chi connectivity index (χ0v) is 12.8. The minimum absolute atomic E-state index is 0.0327. The lowest BCUT2D eigenvalue weighted by molar-refractivity contribution is 0.568. The van der Waals surface area contributed by atoms with Gasteiger partial charge >= 0.3 is 0 Å². The molecule has 0 aliphatic rings. The number of aromatic nitrogens is 1. The summed E-state index contributed by atoms with van der Waals surface area (Å²) >= 11 is 5.63. The fraction of sp³-hybridized carbons (Fsp3) is 0.312. The third-order valence-electron chi connectivity index (χ3n) is 3.23. The van der Waals surface area contributed by atoms with Crippen LogP contribution in [0.25, 0.3) is 0 Å². The molecule has 0 saturated heterocycles. The fourth-order valence-electron chi connectivity index (χ4n) is 2.23. The number of pyridine rings is 1. The van der Waals surface area contributed by atoms with Crippen molar-refractivity contribution in [2.45, 2.75) is 26.3 Å². The molecule has 0 radical (unpaired) electrons. The highest BCUT2D eigenvalue weighted by Gasteiger charge is 2.17. The lowest BCUT2D eigenvalue weighted by atomic mass is 10.1. The number of anilines is 1. The van der Waals surface area contributed by atoms with Gasteiger partial charge in [-0.1, -0.05) is 6.07 Å². The van der Waals surface area contributed by atoms with Gasteiger partial charge in [0, 0.05) is 18.1 Å². The molecule has 21 heavy (non-hydrogen) atoms. The zero-order chi connectivity index (χ0) is 15.4. The molecule has 0 unspecified atom stereocenters. The van der Waals surface area contributed by atoms with Gasteiger partial charge in [0.2, 0.25) is 0 Å². The van der Waals surface area contributed by atoms with Crippen LogP contribution >= 0.6 is 11.6 Å². The molecule has 2 aromatic rings. The van der Waals surface area contributed by atoms with Crippen LogP contribution in [0.3, 0.4) is 0 Å². The number of alkyl halides is 1. The summed E-state index contributed by atoms with van der Waals surface area (Å²) in [5.74, 6) is -1.11. The van der Waals surface area contributed by atoms with E-state index in [-0.39, 0.29) is 11.6 Å². The van der Waals surface area contributed by atoms with E-state index in [0.717, 1.165) is 11.4 Å². The highest BCUT2D eigenvalue weighted by atomic mass is 35.5. The molecule has 0 spiro atoms. The predicted molar refractivity (Wildman–Crippen MR) is 81.6 cm³/mol. The van der Waals surface area contributed by atoms with E-state index in [1.54, 1.807) is 4.90 Å². The fourth-order valence-corrected chi connectivity index (χ4v) is 2.38. The van der Waals surface area contributed by atoms with Crippen LogP contribution in [0.5, 0.6) is 0 Å². The second kappa shape index (κ2) is 6.85. The van der Waals surface area contributed by atoms with E-state index in [2.05, 4.69) is 4.98 Å². The van der Waals surface area contributed by atoms with E-state index in [0.29, 0.717) is 18.7 Å². The van der Waals surface area contributed by atoms with Crippen molar-refractivity contribution >= 4 is 17.3 Å². The standard InChI is InChI=1S/C16H17ClF2N2/c1-3-21(10-13-6-4-5-11(2)20-13)16-14(18)7-12(9-17)8-15(16)19/h4-8H,3,9-10H2,1-2H3. The summed E-state index contributed by atoms with van der Waals surface area (Å²) in [6.07, 6.45) is 0. The lowest BCUT2D eigenvalue weighted by Crippen LogP contribution is -2.25. The summed E-state index contributed by atoms with van der Waals surface area (Å²) in [5.41, 5.74) is 2.05. The van der Waals surface area contributed by atoms with Crippen LogP contribution < -0.4 is 4.90 Å². The molecule has 112 valence electrons. The van der Waals surface area contributed by atoms with Crippen LogP contribution in [0.4, 0.5) is 14.5 Å². The van der Waals surface area contributed by atoms with Crippen molar-refractivity contribution in [3.05, 3.63) is 58.9 Å². The van der Waals surface area contributed by atoms with Crippen molar-refractivity contribution < 1.29 is 8.78 Å². The third-order valence-corrected chi connectivity index (χ3v) is 3.54. The van der Waals surface area contributed by atoms with E-state index >= 15 is 0 Å². The van der Waals surface area contributed by atoms with Crippen LogP contribution in [0, 0.1) is 18.6 Å². The first kappa shape index (κ1) is 15.7. The molecule has 1 aromatic heterocycles. The second-order valence-electron chi connectivity index (χ2n) is 4.83. The Hall–Kier alpha value is -1.68. The molecule has 0 saturated carbocycles. The number of benzene rings is 1. The number of hydrogen-bond donors (Lipinski definition) is 0. The van der Waals surface area contributed by atoms with E-state index in [9.17, 15) is 8.78 Å². The molecular weight excluding hydrogens is 294 g/mol. The first-order valence-electron chi connectivity index (χ1n) is 6.76. The van der Waals surface area contributed by atoms with Gasteiger partial charge in [-0.15, -0.1) is 11.6 Å². The van der Waals surface area contributed by atoms with Crippen molar-refractivity contribution in [3.63, 3.8) is 0 Å². The number of nitrogens with zero attached hydrogens (tertiary/aromatic N) is 2. The van der Waals surface area contributed by atoms with Crippen molar-refractivity contribution in [1.29, 1.82) is 0 Å². The van der Waals surface area contributed by atoms with Crippen molar-refractivity contribution in [1.82, 2.24) is 4.98 Å². The smallest absolute Gasteiger partial charge is 0.149 e. The van der Waals surface area contributed by atoms with Crippen molar-refractivity contribution in [2.24, 2.45) is 0 Å². The van der Waals surface area contributed by atoms with Crippen LogP contribution in [0.15, 0.2) is 30.3 Å². The van der Waals surface area contributed by atoms with Crippen LogP contribution in [-0.2, 0) is 12.4 Å². The third kappa shape index (κ3) is 3.70. The van der Waals surface area contributed by atoms with Gasteiger partial charge in [0.25, 0.3) is 0 Å².